The molecule has 0 radical (unpaired) electrons. The summed E-state index contributed by atoms with van der Waals surface area (Å²) in [4.78, 5) is 31.8. The number of aliphatic hydroxyl groups is 1. The number of carboxylic acid groups (broad SMARTS) is 2. The number of carbonyl (C=O) groups is 2. The second-order valence-corrected chi connectivity index (χ2v) is 19.5. The Morgan fingerprint density at radius 2 is 1.06 bits per heavy atom. The molecule has 0 aliphatic heterocycles. The molecule has 9 heteroatoms. The van der Waals surface area contributed by atoms with Gasteiger partial charge in [0.05, 0.1) is 23.9 Å². The topological polar surface area (TPSA) is 130 Å². The molecule has 0 fully saturated rings. The quantitative estimate of drug-likeness (QED) is 0.106. The van der Waals surface area contributed by atoms with Crippen molar-refractivity contribution in [1.29, 1.82) is 0 Å². The van der Waals surface area contributed by atoms with Crippen LogP contribution >= 0.6 is 0 Å². The zero-order chi connectivity index (χ0) is 38.2. The van der Waals surface area contributed by atoms with Gasteiger partial charge in [0.15, 0.2) is 8.32 Å². The lowest BCUT2D eigenvalue weighted by Gasteiger charge is -2.36. The number of aliphatic hydroxyl groups excluding tert-OH is 1. The summed E-state index contributed by atoms with van der Waals surface area (Å²) in [6.45, 7) is 12.0. The summed E-state index contributed by atoms with van der Waals surface area (Å²) < 4.78 is 6.37. The third-order valence-electron chi connectivity index (χ3n) is 9.95. The number of rotatable bonds is 12. The van der Waals surface area contributed by atoms with Crippen LogP contribution in [-0.4, -0.2) is 58.8 Å². The highest BCUT2D eigenvalue weighted by Gasteiger charge is 2.37. The fraction of sp³-hybridized carbons (Fsp3) is 0.273. The number of pyridine rings is 2. The van der Waals surface area contributed by atoms with E-state index >= 15 is 0 Å². The van der Waals surface area contributed by atoms with E-state index in [-0.39, 0.29) is 24.5 Å². The van der Waals surface area contributed by atoms with E-state index in [4.69, 9.17) is 4.43 Å². The van der Waals surface area contributed by atoms with Crippen LogP contribution in [0.15, 0.2) is 109 Å². The highest BCUT2D eigenvalue weighted by molar-refractivity contribution is 6.74. The Bertz CT molecular complexity index is 2200. The molecule has 4 aromatic carbocycles. The van der Waals surface area contributed by atoms with E-state index in [0.29, 0.717) is 18.6 Å². The predicted molar refractivity (Wildman–Crippen MR) is 215 cm³/mol. The van der Waals surface area contributed by atoms with Crippen molar-refractivity contribution in [3.8, 4) is 22.3 Å². The first-order valence-corrected chi connectivity index (χ1v) is 20.8. The van der Waals surface area contributed by atoms with Crippen molar-refractivity contribution in [2.75, 3.05) is 13.2 Å². The third-order valence-corrected chi connectivity index (χ3v) is 14.5. The summed E-state index contributed by atoms with van der Waals surface area (Å²) in [7, 11) is -1.80. The number of benzene rings is 4. The number of aromatic nitrogens is 2. The second kappa shape index (κ2) is 17.1. The van der Waals surface area contributed by atoms with Crippen molar-refractivity contribution >= 4 is 42.1 Å². The van der Waals surface area contributed by atoms with Gasteiger partial charge in [-0.1, -0.05) is 118 Å². The van der Waals surface area contributed by atoms with Gasteiger partial charge in [-0.05, 0) is 75.5 Å². The van der Waals surface area contributed by atoms with Crippen LogP contribution in [0.5, 0.6) is 0 Å². The standard InChI is InChI=1S/C25H31NO3Si.C19H17NO3/c1-25(2,3)30(4,5)29-15-14-19-12-9-13-21-23(18-10-7-6-8-11-18)20(16-22(27)28)17-26-24(19)21;21-10-9-14-7-4-8-16-18(13-5-2-1-3-6-13)15(11-17(22)23)12-20-19(14)16/h6-13,17H,14-16H2,1-5H3,(H,27,28);1-8,12,21H,9-11H2,(H,22,23). The van der Waals surface area contributed by atoms with Crippen LogP contribution < -0.4 is 0 Å². The van der Waals surface area contributed by atoms with Gasteiger partial charge in [-0.3, -0.25) is 19.6 Å². The van der Waals surface area contributed by atoms with Crippen LogP contribution in [0, 0.1) is 0 Å². The first-order chi connectivity index (χ1) is 25.3. The molecule has 0 bridgehead atoms. The molecule has 2 aromatic heterocycles. The minimum atomic E-state index is -1.80. The minimum absolute atomic E-state index is 0.0497. The van der Waals surface area contributed by atoms with Crippen LogP contribution in [0.2, 0.25) is 18.1 Å². The monoisotopic (exact) mass is 728 g/mol. The van der Waals surface area contributed by atoms with Gasteiger partial charge in [-0.15, -0.1) is 0 Å². The Balaban J connectivity index is 0.000000211. The maximum Gasteiger partial charge on any atom is 0.307 e. The van der Waals surface area contributed by atoms with Crippen molar-refractivity contribution in [2.24, 2.45) is 0 Å². The maximum absolute atomic E-state index is 11.4. The van der Waals surface area contributed by atoms with Crippen molar-refractivity contribution < 1.29 is 29.3 Å². The number of carboxylic acids is 2. The fourth-order valence-electron chi connectivity index (χ4n) is 6.29. The molecule has 0 spiro atoms. The second-order valence-electron chi connectivity index (χ2n) is 14.6. The lowest BCUT2D eigenvalue weighted by Crippen LogP contribution is -2.41. The summed E-state index contributed by atoms with van der Waals surface area (Å²) in [5.41, 5.74) is 9.09. The molecular weight excluding hydrogens is 681 g/mol. The van der Waals surface area contributed by atoms with Crippen LogP contribution in [0.4, 0.5) is 0 Å². The van der Waals surface area contributed by atoms with Gasteiger partial charge in [0.2, 0.25) is 0 Å². The van der Waals surface area contributed by atoms with Gasteiger partial charge < -0.3 is 19.7 Å². The van der Waals surface area contributed by atoms with E-state index in [1.165, 1.54) is 0 Å². The number of hydrogen-bond acceptors (Lipinski definition) is 6. The molecule has 0 unspecified atom stereocenters. The average molecular weight is 729 g/mol. The summed E-state index contributed by atoms with van der Waals surface area (Å²) in [6.07, 6.45) is 4.54. The van der Waals surface area contributed by atoms with E-state index in [1.54, 1.807) is 12.4 Å². The number of para-hydroxylation sites is 2. The van der Waals surface area contributed by atoms with Gasteiger partial charge >= 0.3 is 11.9 Å². The molecule has 8 nitrogen and oxygen atoms in total. The molecule has 0 atom stereocenters. The number of fused-ring (bicyclic) bond motifs is 2. The van der Waals surface area contributed by atoms with Crippen molar-refractivity contribution in [2.45, 2.75) is 64.6 Å². The molecular formula is C44H48N2O6Si. The van der Waals surface area contributed by atoms with Crippen LogP contribution in [0.3, 0.4) is 0 Å². The first-order valence-electron chi connectivity index (χ1n) is 17.9. The van der Waals surface area contributed by atoms with Gasteiger partial charge in [0, 0.05) is 36.4 Å². The molecule has 0 aliphatic carbocycles. The van der Waals surface area contributed by atoms with E-state index in [2.05, 4.69) is 49.9 Å². The fourth-order valence-corrected chi connectivity index (χ4v) is 7.34. The Kier molecular flexibility index (Phi) is 12.6. The Morgan fingerprint density at radius 1 is 0.623 bits per heavy atom. The maximum atomic E-state index is 11.4. The van der Waals surface area contributed by atoms with Crippen molar-refractivity contribution in [1.82, 2.24) is 9.97 Å². The minimum Gasteiger partial charge on any atom is -0.481 e. The zero-order valence-corrected chi connectivity index (χ0v) is 32.1. The summed E-state index contributed by atoms with van der Waals surface area (Å²) >= 11 is 0. The zero-order valence-electron chi connectivity index (χ0n) is 31.1. The highest BCUT2D eigenvalue weighted by atomic mass is 28.4. The first kappa shape index (κ1) is 39.0. The van der Waals surface area contributed by atoms with Gasteiger partial charge in [-0.2, -0.15) is 0 Å². The van der Waals surface area contributed by atoms with Crippen molar-refractivity contribution in [3.63, 3.8) is 0 Å². The van der Waals surface area contributed by atoms with E-state index < -0.39 is 20.3 Å². The van der Waals surface area contributed by atoms with Crippen LogP contribution in [-0.2, 0) is 39.7 Å². The third kappa shape index (κ3) is 9.42. The molecule has 0 amide bonds. The summed E-state index contributed by atoms with van der Waals surface area (Å²) in [5, 5.41) is 29.9. The number of nitrogens with zero attached hydrogens (tertiary/aromatic N) is 2. The molecule has 0 saturated heterocycles. The van der Waals surface area contributed by atoms with Gasteiger partial charge in [0.25, 0.3) is 0 Å². The lowest BCUT2D eigenvalue weighted by molar-refractivity contribution is -0.137. The normalized spacial score (nSPS) is 11.7. The molecule has 0 aliphatic rings. The van der Waals surface area contributed by atoms with Crippen molar-refractivity contribution in [3.05, 3.63) is 132 Å². The number of hydrogen-bond donors (Lipinski definition) is 3. The largest absolute Gasteiger partial charge is 0.481 e. The SMILES string of the molecule is CC(C)(C)[Si](C)(C)OCCc1cccc2c(-c3ccccc3)c(CC(=O)O)cnc12.O=C(O)Cc1cnc2c(CCO)cccc2c1-c1ccccc1. The van der Waals surface area contributed by atoms with Gasteiger partial charge in [-0.25, -0.2) is 0 Å². The van der Waals surface area contributed by atoms with Crippen LogP contribution in [0.1, 0.15) is 43.0 Å². The predicted octanol–water partition coefficient (Wildman–Crippen LogP) is 9.16. The summed E-state index contributed by atoms with van der Waals surface area (Å²) in [5.74, 6) is -1.73. The molecule has 53 heavy (non-hydrogen) atoms. The molecule has 6 aromatic rings. The van der Waals surface area contributed by atoms with Gasteiger partial charge in [0.1, 0.15) is 0 Å². The lowest BCUT2D eigenvalue weighted by atomic mass is 9.93. The Morgan fingerprint density at radius 3 is 1.45 bits per heavy atom. The Hall–Kier alpha value is -5.22. The smallest absolute Gasteiger partial charge is 0.307 e. The highest BCUT2D eigenvalue weighted by Crippen LogP contribution is 2.37. The molecule has 274 valence electrons. The van der Waals surface area contributed by atoms with E-state index in [9.17, 15) is 24.9 Å². The average Bonchev–Trinajstić information content (AvgIpc) is 3.12. The molecule has 2 heterocycles. The summed E-state index contributed by atoms with van der Waals surface area (Å²) in [6, 6.07) is 31.7. The number of aliphatic carboxylic acids is 2. The van der Waals surface area contributed by atoms with E-state index in [0.717, 1.165) is 67.2 Å². The Labute approximate surface area is 312 Å². The molecule has 6 rings (SSSR count). The van der Waals surface area contributed by atoms with E-state index in [1.807, 2.05) is 91.0 Å². The molecule has 3 N–H and O–H groups in total. The van der Waals surface area contributed by atoms with Crippen LogP contribution in [0.25, 0.3) is 44.1 Å². The molecule has 0 saturated carbocycles.